The second-order valence-corrected chi connectivity index (χ2v) is 6.40. The van der Waals surface area contributed by atoms with Crippen molar-refractivity contribution in [1.82, 2.24) is 10.3 Å². The van der Waals surface area contributed by atoms with E-state index in [1.807, 2.05) is 17.0 Å². The molecule has 1 aliphatic rings. The van der Waals surface area contributed by atoms with E-state index in [0.717, 1.165) is 24.9 Å². The maximum atomic E-state index is 12.2. The Bertz CT molecular complexity index is 523. The number of nitrogens with two attached hydrogens (primary N) is 1. The molecule has 0 bridgehead atoms. The van der Waals surface area contributed by atoms with Crippen molar-refractivity contribution < 1.29 is 9.59 Å². The zero-order valence-corrected chi connectivity index (χ0v) is 12.7. The number of nitrogens with zero attached hydrogens (tertiary/aromatic N) is 1. The van der Waals surface area contributed by atoms with Gasteiger partial charge in [-0.2, -0.15) is 0 Å². The number of likely N-dealkylation sites (tertiary alicyclic amines) is 1. The number of rotatable bonds is 3. The average molecular weight is 289 g/mol. The molecule has 1 saturated heterocycles. The minimum atomic E-state index is -0.311. The zero-order chi connectivity index (χ0) is 15.5. The highest BCUT2D eigenvalue weighted by atomic mass is 16.2. The van der Waals surface area contributed by atoms with Gasteiger partial charge in [-0.1, -0.05) is 26.0 Å². The SMILES string of the molecule is CC1(C)CCC(=O)N(Cc2ccc(C(=O)NN)cc2)CC1. The van der Waals surface area contributed by atoms with E-state index in [0.29, 0.717) is 18.5 Å². The number of carbonyl (C=O) groups excluding carboxylic acids is 2. The summed E-state index contributed by atoms with van der Waals surface area (Å²) in [5, 5.41) is 0. The lowest BCUT2D eigenvalue weighted by Gasteiger charge is -2.23. The number of hydrogen-bond donors (Lipinski definition) is 2. The molecule has 1 aromatic rings. The van der Waals surface area contributed by atoms with Crippen LogP contribution in [0.15, 0.2) is 24.3 Å². The van der Waals surface area contributed by atoms with Crippen LogP contribution in [0.1, 0.15) is 49.0 Å². The summed E-state index contributed by atoms with van der Waals surface area (Å²) in [6.45, 7) is 5.81. The topological polar surface area (TPSA) is 75.4 Å². The molecule has 5 heteroatoms. The van der Waals surface area contributed by atoms with Gasteiger partial charge in [0.05, 0.1) is 0 Å². The van der Waals surface area contributed by atoms with Gasteiger partial charge in [0, 0.05) is 25.1 Å². The molecule has 0 atom stereocenters. The molecule has 0 saturated carbocycles. The number of benzene rings is 1. The van der Waals surface area contributed by atoms with Crippen molar-refractivity contribution in [2.75, 3.05) is 6.54 Å². The van der Waals surface area contributed by atoms with E-state index in [4.69, 9.17) is 5.84 Å². The second kappa shape index (κ2) is 6.26. The third-order valence-corrected chi connectivity index (χ3v) is 4.15. The molecular formula is C16H23N3O2. The third kappa shape index (κ3) is 4.04. The summed E-state index contributed by atoms with van der Waals surface area (Å²) in [6, 6.07) is 7.19. The molecule has 21 heavy (non-hydrogen) atoms. The van der Waals surface area contributed by atoms with E-state index in [2.05, 4.69) is 19.3 Å². The van der Waals surface area contributed by atoms with Gasteiger partial charge < -0.3 is 4.90 Å². The van der Waals surface area contributed by atoms with Crippen LogP contribution in [0.4, 0.5) is 0 Å². The Balaban J connectivity index is 2.03. The fourth-order valence-corrected chi connectivity index (χ4v) is 2.52. The van der Waals surface area contributed by atoms with Crippen molar-refractivity contribution in [2.24, 2.45) is 11.3 Å². The molecule has 114 valence electrons. The first kappa shape index (κ1) is 15.5. The lowest BCUT2D eigenvalue weighted by atomic mass is 9.85. The lowest BCUT2D eigenvalue weighted by Crippen LogP contribution is -2.30. The second-order valence-electron chi connectivity index (χ2n) is 6.40. The Labute approximate surface area is 125 Å². The van der Waals surface area contributed by atoms with Crippen molar-refractivity contribution in [2.45, 2.75) is 39.7 Å². The highest BCUT2D eigenvalue weighted by Gasteiger charge is 2.27. The fraction of sp³-hybridized carbons (Fsp3) is 0.500. The van der Waals surface area contributed by atoms with Crippen molar-refractivity contribution in [1.29, 1.82) is 0 Å². The van der Waals surface area contributed by atoms with Crippen LogP contribution in [0, 0.1) is 5.41 Å². The van der Waals surface area contributed by atoms with Gasteiger partial charge in [0.15, 0.2) is 0 Å². The van der Waals surface area contributed by atoms with Gasteiger partial charge in [0.2, 0.25) is 5.91 Å². The van der Waals surface area contributed by atoms with Crippen LogP contribution in [0.2, 0.25) is 0 Å². The summed E-state index contributed by atoms with van der Waals surface area (Å²) in [5.74, 6) is 5.00. The van der Waals surface area contributed by atoms with Gasteiger partial charge >= 0.3 is 0 Å². The van der Waals surface area contributed by atoms with Gasteiger partial charge in [-0.25, -0.2) is 5.84 Å². The molecular weight excluding hydrogens is 266 g/mol. The Morgan fingerprint density at radius 1 is 1.29 bits per heavy atom. The first-order chi connectivity index (χ1) is 9.91. The quantitative estimate of drug-likeness (QED) is 0.506. The summed E-state index contributed by atoms with van der Waals surface area (Å²) in [6.07, 6.45) is 2.57. The van der Waals surface area contributed by atoms with Crippen molar-refractivity contribution in [3.8, 4) is 0 Å². The van der Waals surface area contributed by atoms with E-state index in [1.165, 1.54) is 0 Å². The van der Waals surface area contributed by atoms with Crippen LogP contribution < -0.4 is 11.3 Å². The largest absolute Gasteiger partial charge is 0.338 e. The molecule has 0 aliphatic carbocycles. The smallest absolute Gasteiger partial charge is 0.265 e. The number of hydrazine groups is 1. The summed E-state index contributed by atoms with van der Waals surface area (Å²) in [7, 11) is 0. The van der Waals surface area contributed by atoms with Crippen LogP contribution in [-0.2, 0) is 11.3 Å². The normalized spacial score (nSPS) is 18.2. The van der Waals surface area contributed by atoms with E-state index >= 15 is 0 Å². The Morgan fingerprint density at radius 3 is 2.57 bits per heavy atom. The molecule has 3 N–H and O–H groups in total. The monoisotopic (exact) mass is 289 g/mol. The van der Waals surface area contributed by atoms with E-state index in [-0.39, 0.29) is 17.2 Å². The lowest BCUT2D eigenvalue weighted by molar-refractivity contribution is -0.131. The van der Waals surface area contributed by atoms with Crippen molar-refractivity contribution >= 4 is 11.8 Å². The summed E-state index contributed by atoms with van der Waals surface area (Å²) in [4.78, 5) is 25.5. The molecule has 0 unspecified atom stereocenters. The molecule has 1 heterocycles. The molecule has 5 nitrogen and oxygen atoms in total. The van der Waals surface area contributed by atoms with E-state index in [1.54, 1.807) is 12.1 Å². The summed E-state index contributed by atoms with van der Waals surface area (Å²) < 4.78 is 0. The van der Waals surface area contributed by atoms with Gasteiger partial charge in [0.25, 0.3) is 5.91 Å². The standard InChI is InChI=1S/C16H23N3O2/c1-16(2)8-7-14(20)19(10-9-16)11-12-3-5-13(6-4-12)15(21)18-17/h3-6H,7-11,17H2,1-2H3,(H,18,21). The first-order valence-electron chi connectivity index (χ1n) is 7.29. The number of amides is 2. The molecule has 2 rings (SSSR count). The third-order valence-electron chi connectivity index (χ3n) is 4.15. The van der Waals surface area contributed by atoms with Crippen LogP contribution in [0.3, 0.4) is 0 Å². The maximum absolute atomic E-state index is 12.2. The predicted octanol–water partition coefficient (Wildman–Crippen LogP) is 1.83. The van der Waals surface area contributed by atoms with Crippen LogP contribution >= 0.6 is 0 Å². The number of nitrogen functional groups attached to an aromatic ring is 1. The molecule has 1 aromatic carbocycles. The molecule has 0 spiro atoms. The van der Waals surface area contributed by atoms with Gasteiger partial charge in [-0.15, -0.1) is 0 Å². The minimum Gasteiger partial charge on any atom is -0.338 e. The average Bonchev–Trinajstić information content (AvgIpc) is 2.60. The summed E-state index contributed by atoms with van der Waals surface area (Å²) in [5.41, 5.74) is 3.88. The van der Waals surface area contributed by atoms with Gasteiger partial charge in [0.1, 0.15) is 0 Å². The van der Waals surface area contributed by atoms with Crippen molar-refractivity contribution in [3.05, 3.63) is 35.4 Å². The maximum Gasteiger partial charge on any atom is 0.265 e. The number of hydrogen-bond acceptors (Lipinski definition) is 3. The minimum absolute atomic E-state index is 0.212. The van der Waals surface area contributed by atoms with E-state index in [9.17, 15) is 9.59 Å². The van der Waals surface area contributed by atoms with Gasteiger partial charge in [-0.05, 0) is 36.0 Å². The predicted molar refractivity (Wildman–Crippen MR) is 81.1 cm³/mol. The first-order valence-corrected chi connectivity index (χ1v) is 7.29. The molecule has 2 amide bonds. The number of nitrogens with one attached hydrogen (secondary N) is 1. The molecule has 0 aromatic heterocycles. The van der Waals surface area contributed by atoms with Crippen LogP contribution in [0.5, 0.6) is 0 Å². The number of carbonyl (C=O) groups is 2. The molecule has 0 radical (unpaired) electrons. The molecule has 1 fully saturated rings. The van der Waals surface area contributed by atoms with E-state index < -0.39 is 0 Å². The Kier molecular flexibility index (Phi) is 4.63. The van der Waals surface area contributed by atoms with Gasteiger partial charge in [-0.3, -0.25) is 15.0 Å². The Morgan fingerprint density at radius 2 is 1.95 bits per heavy atom. The van der Waals surface area contributed by atoms with Crippen LogP contribution in [0.25, 0.3) is 0 Å². The zero-order valence-electron chi connectivity index (χ0n) is 12.7. The Hall–Kier alpha value is -1.88. The van der Waals surface area contributed by atoms with Crippen LogP contribution in [-0.4, -0.2) is 23.3 Å². The highest BCUT2D eigenvalue weighted by molar-refractivity contribution is 5.93. The fourth-order valence-electron chi connectivity index (χ4n) is 2.52. The highest BCUT2D eigenvalue weighted by Crippen LogP contribution is 2.30. The van der Waals surface area contributed by atoms with Crippen molar-refractivity contribution in [3.63, 3.8) is 0 Å². The molecule has 1 aliphatic heterocycles. The summed E-state index contributed by atoms with van der Waals surface area (Å²) >= 11 is 0.